The fourth-order valence-electron chi connectivity index (χ4n) is 1.21. The Kier molecular flexibility index (Phi) is 5.35. The van der Waals surface area contributed by atoms with E-state index in [1.807, 2.05) is 6.92 Å². The molecule has 0 fully saturated rings. The normalized spacial score (nSPS) is 11.4. The van der Waals surface area contributed by atoms with Gasteiger partial charge in [0.15, 0.2) is 0 Å². The van der Waals surface area contributed by atoms with Crippen molar-refractivity contribution in [1.29, 1.82) is 0 Å². The summed E-state index contributed by atoms with van der Waals surface area (Å²) >= 11 is 0. The van der Waals surface area contributed by atoms with Crippen LogP contribution in [-0.2, 0) is 6.54 Å². The summed E-state index contributed by atoms with van der Waals surface area (Å²) in [7, 11) is 0. The molecule has 4 nitrogen and oxygen atoms in total. The van der Waals surface area contributed by atoms with Crippen LogP contribution >= 0.6 is 0 Å². The third kappa shape index (κ3) is 4.36. The molecule has 0 atom stereocenters. The molecule has 0 spiro atoms. The molecule has 94 valence electrons. The molecule has 6 heteroatoms. The largest absolute Gasteiger partial charge is 0.355 e. The van der Waals surface area contributed by atoms with Crippen molar-refractivity contribution in [2.75, 3.05) is 6.54 Å². The second-order valence-corrected chi connectivity index (χ2v) is 3.47. The Morgan fingerprint density at radius 3 is 2.76 bits per heavy atom. The van der Waals surface area contributed by atoms with Gasteiger partial charge in [-0.2, -0.15) is 0 Å². The van der Waals surface area contributed by atoms with Gasteiger partial charge in [-0.25, -0.2) is 19.6 Å². The molecule has 0 aliphatic rings. The first-order valence-electron chi connectivity index (χ1n) is 5.36. The third-order valence-corrected chi connectivity index (χ3v) is 2.10. The summed E-state index contributed by atoms with van der Waals surface area (Å²) in [5.41, 5.74) is 2.70. The number of nitrogens with two attached hydrogens (primary N) is 1. The maximum Gasteiger partial charge on any atom is 0.206 e. The molecule has 17 heavy (non-hydrogen) atoms. The summed E-state index contributed by atoms with van der Waals surface area (Å²) in [6, 6.07) is 3.39. The van der Waals surface area contributed by atoms with Gasteiger partial charge in [0.25, 0.3) is 0 Å². The zero-order chi connectivity index (χ0) is 12.7. The van der Waals surface area contributed by atoms with Gasteiger partial charge in [-0.3, -0.25) is 5.43 Å². The van der Waals surface area contributed by atoms with E-state index in [1.54, 1.807) is 0 Å². The fourth-order valence-corrected chi connectivity index (χ4v) is 1.21. The summed E-state index contributed by atoms with van der Waals surface area (Å²) in [4.78, 5) is 4.05. The topological polar surface area (TPSA) is 62.4 Å². The van der Waals surface area contributed by atoms with Crippen molar-refractivity contribution in [3.8, 4) is 0 Å². The van der Waals surface area contributed by atoms with E-state index >= 15 is 0 Å². The Morgan fingerprint density at radius 1 is 1.41 bits per heavy atom. The molecule has 0 aliphatic carbocycles. The first-order valence-corrected chi connectivity index (χ1v) is 5.36. The second kappa shape index (κ2) is 6.80. The van der Waals surface area contributed by atoms with Crippen molar-refractivity contribution < 1.29 is 8.78 Å². The average Bonchev–Trinajstić information content (AvgIpc) is 2.31. The molecule has 0 bridgehead atoms. The van der Waals surface area contributed by atoms with Crippen molar-refractivity contribution in [3.63, 3.8) is 0 Å². The minimum atomic E-state index is -0.611. The Hall–Kier alpha value is -1.69. The number of aliphatic imine (C=N–C) groups is 1. The number of hydrogen-bond donors (Lipinski definition) is 3. The van der Waals surface area contributed by atoms with Crippen LogP contribution in [0.25, 0.3) is 0 Å². The van der Waals surface area contributed by atoms with E-state index in [0.717, 1.165) is 19.0 Å². The summed E-state index contributed by atoms with van der Waals surface area (Å²) in [6.07, 6.45) is 0.922. The predicted octanol–water partition coefficient (Wildman–Crippen LogP) is 1.28. The van der Waals surface area contributed by atoms with Crippen LogP contribution in [0.1, 0.15) is 18.9 Å². The van der Waals surface area contributed by atoms with E-state index in [1.165, 1.54) is 12.1 Å². The molecule has 0 radical (unpaired) electrons. The first kappa shape index (κ1) is 13.4. The Morgan fingerprint density at radius 2 is 2.18 bits per heavy atom. The number of nitrogens with one attached hydrogen (secondary N) is 2. The fraction of sp³-hybridized carbons (Fsp3) is 0.364. The zero-order valence-electron chi connectivity index (χ0n) is 9.63. The van der Waals surface area contributed by atoms with E-state index in [2.05, 4.69) is 15.7 Å². The van der Waals surface area contributed by atoms with Crippen LogP contribution in [0.4, 0.5) is 8.78 Å². The van der Waals surface area contributed by atoms with Crippen LogP contribution in [0.5, 0.6) is 0 Å². The monoisotopic (exact) mass is 242 g/mol. The van der Waals surface area contributed by atoms with Crippen molar-refractivity contribution >= 4 is 5.96 Å². The highest BCUT2D eigenvalue weighted by Crippen LogP contribution is 2.10. The SMILES string of the molecule is CCCNC(=NCc1ccc(F)cc1F)NN. The zero-order valence-corrected chi connectivity index (χ0v) is 9.63. The van der Waals surface area contributed by atoms with E-state index in [-0.39, 0.29) is 6.54 Å². The van der Waals surface area contributed by atoms with Crippen LogP contribution in [0, 0.1) is 11.6 Å². The molecular weight excluding hydrogens is 226 g/mol. The van der Waals surface area contributed by atoms with E-state index in [4.69, 9.17) is 5.84 Å². The van der Waals surface area contributed by atoms with Crippen molar-refractivity contribution in [1.82, 2.24) is 10.7 Å². The standard InChI is InChI=1S/C11H16F2N4/c1-2-5-15-11(17-14)16-7-8-3-4-9(12)6-10(8)13/h3-4,6H,2,5,7,14H2,1H3,(H2,15,16,17). The number of rotatable bonds is 4. The van der Waals surface area contributed by atoms with Crippen molar-refractivity contribution in [2.45, 2.75) is 19.9 Å². The van der Waals surface area contributed by atoms with Crippen LogP contribution in [0.15, 0.2) is 23.2 Å². The highest BCUT2D eigenvalue weighted by atomic mass is 19.1. The minimum absolute atomic E-state index is 0.0996. The minimum Gasteiger partial charge on any atom is -0.355 e. The second-order valence-electron chi connectivity index (χ2n) is 3.47. The summed E-state index contributed by atoms with van der Waals surface area (Å²) in [5.74, 6) is 4.42. The number of hydrazine groups is 1. The van der Waals surface area contributed by atoms with Gasteiger partial charge >= 0.3 is 0 Å². The van der Waals surface area contributed by atoms with Gasteiger partial charge in [0.1, 0.15) is 11.6 Å². The highest BCUT2D eigenvalue weighted by molar-refractivity contribution is 5.79. The molecule has 1 aromatic carbocycles. The lowest BCUT2D eigenvalue weighted by molar-refractivity contribution is 0.572. The molecule has 1 rings (SSSR count). The van der Waals surface area contributed by atoms with E-state index < -0.39 is 11.6 Å². The molecule has 0 unspecified atom stereocenters. The van der Waals surface area contributed by atoms with Gasteiger partial charge in [-0.15, -0.1) is 0 Å². The van der Waals surface area contributed by atoms with Gasteiger partial charge in [0.2, 0.25) is 5.96 Å². The Bertz CT molecular complexity index is 393. The number of halogens is 2. The van der Waals surface area contributed by atoms with E-state index in [9.17, 15) is 8.78 Å². The Labute approximate surface area is 98.9 Å². The number of nitrogens with zero attached hydrogens (tertiary/aromatic N) is 1. The smallest absolute Gasteiger partial charge is 0.206 e. The molecule has 4 N–H and O–H groups in total. The van der Waals surface area contributed by atoms with Gasteiger partial charge in [-0.05, 0) is 12.5 Å². The van der Waals surface area contributed by atoms with E-state index in [0.29, 0.717) is 11.5 Å². The number of hydrogen-bond acceptors (Lipinski definition) is 2. The summed E-state index contributed by atoms with van der Waals surface area (Å²) in [6.45, 7) is 2.82. The number of benzene rings is 1. The lowest BCUT2D eigenvalue weighted by Crippen LogP contribution is -2.41. The predicted molar refractivity (Wildman–Crippen MR) is 63.1 cm³/mol. The van der Waals surface area contributed by atoms with Crippen molar-refractivity contribution in [3.05, 3.63) is 35.4 Å². The lowest BCUT2D eigenvalue weighted by Gasteiger charge is -2.08. The molecular formula is C11H16F2N4. The van der Waals surface area contributed by atoms with Crippen LogP contribution in [0.2, 0.25) is 0 Å². The maximum absolute atomic E-state index is 13.3. The first-order chi connectivity index (χ1) is 8.17. The molecule has 0 amide bonds. The molecule has 0 heterocycles. The molecule has 0 saturated carbocycles. The summed E-state index contributed by atoms with van der Waals surface area (Å²) < 4.78 is 25.9. The lowest BCUT2D eigenvalue weighted by atomic mass is 10.2. The molecule has 1 aromatic rings. The average molecular weight is 242 g/mol. The van der Waals surface area contributed by atoms with Crippen molar-refractivity contribution in [2.24, 2.45) is 10.8 Å². The quantitative estimate of drug-likeness (QED) is 0.322. The summed E-state index contributed by atoms with van der Waals surface area (Å²) in [5, 5.41) is 2.94. The third-order valence-electron chi connectivity index (χ3n) is 2.10. The highest BCUT2D eigenvalue weighted by Gasteiger charge is 2.03. The van der Waals surface area contributed by atoms with Crippen LogP contribution in [-0.4, -0.2) is 12.5 Å². The van der Waals surface area contributed by atoms with Gasteiger partial charge in [0.05, 0.1) is 6.54 Å². The molecule has 0 aromatic heterocycles. The number of guanidine groups is 1. The van der Waals surface area contributed by atoms with Crippen LogP contribution in [0.3, 0.4) is 0 Å². The van der Waals surface area contributed by atoms with Gasteiger partial charge in [0, 0.05) is 18.2 Å². The van der Waals surface area contributed by atoms with Gasteiger partial charge in [-0.1, -0.05) is 13.0 Å². The maximum atomic E-state index is 13.3. The van der Waals surface area contributed by atoms with Crippen LogP contribution < -0.4 is 16.6 Å². The molecule has 0 saturated heterocycles. The van der Waals surface area contributed by atoms with Gasteiger partial charge < -0.3 is 5.32 Å². The Balaban J connectivity index is 2.66. The molecule has 0 aliphatic heterocycles.